The van der Waals surface area contributed by atoms with Crippen LogP contribution in [-0.4, -0.2) is 97.9 Å². The molecule has 88 heavy (non-hydrogen) atoms. The molecule has 0 amide bonds. The number of hydrogen-bond acceptors (Lipinski definition) is 17. The van der Waals surface area contributed by atoms with Gasteiger partial charge in [0.25, 0.3) is 5.82 Å². The van der Waals surface area contributed by atoms with Gasteiger partial charge in [0.05, 0.1) is 71.2 Å². The molecule has 3 N–H and O–H groups in total. The summed E-state index contributed by atoms with van der Waals surface area (Å²) < 4.78 is 69.1. The number of fused-ring (bicyclic) bond motifs is 6. The summed E-state index contributed by atoms with van der Waals surface area (Å²) >= 11 is 0. The summed E-state index contributed by atoms with van der Waals surface area (Å²) in [5, 5.41) is 30.3. The van der Waals surface area contributed by atoms with E-state index in [4.69, 9.17) is 25.8 Å². The van der Waals surface area contributed by atoms with E-state index in [2.05, 4.69) is 77.4 Å². The fourth-order valence-corrected chi connectivity index (χ4v) is 11.5. The number of hydrogen-bond donors (Lipinski definition) is 3. The molecule has 0 bridgehead atoms. The number of aryl methyl sites for hydroxylation is 4. The largest absolute Gasteiger partial charge is 0.493 e. The number of halogens is 3. The maximum atomic E-state index is 14.5. The van der Waals surface area contributed by atoms with Gasteiger partial charge in [-0.25, -0.2) is 42.8 Å². The second-order valence-corrected chi connectivity index (χ2v) is 21.6. The zero-order chi connectivity index (χ0) is 60.2. The molecule has 26 heteroatoms. The summed E-state index contributed by atoms with van der Waals surface area (Å²) in [6.45, 7) is 13.8. The summed E-state index contributed by atoms with van der Waals surface area (Å²) in [6, 6.07) is 15.1. The lowest BCUT2D eigenvalue weighted by molar-refractivity contribution is 0.356. The van der Waals surface area contributed by atoms with Crippen LogP contribution in [-0.2, 0) is 53.0 Å². The molecule has 0 unspecified atom stereocenters. The number of nitrogens with zero attached hydrogens (tertiary/aromatic N) is 17. The van der Waals surface area contributed by atoms with Crippen molar-refractivity contribution in [2.45, 2.75) is 71.5 Å². The molecule has 3 aromatic carbocycles. The Morgan fingerprint density at radius 1 is 0.580 bits per heavy atom. The van der Waals surface area contributed by atoms with E-state index in [0.29, 0.717) is 103 Å². The Balaban J connectivity index is 0.000000116. The Bertz CT molecular complexity index is 4720. The molecule has 0 atom stereocenters. The van der Waals surface area contributed by atoms with Gasteiger partial charge in [-0.1, -0.05) is 16.8 Å². The van der Waals surface area contributed by atoms with Crippen LogP contribution in [0.4, 0.5) is 36.8 Å². The highest BCUT2D eigenvalue weighted by Gasteiger charge is 2.29. The second kappa shape index (κ2) is 22.8. The minimum absolute atomic E-state index is 0.228. The lowest BCUT2D eigenvalue weighted by atomic mass is 10.0. The van der Waals surface area contributed by atoms with Gasteiger partial charge in [0.2, 0.25) is 23.5 Å². The van der Waals surface area contributed by atoms with Crippen LogP contribution in [0.2, 0.25) is 0 Å². The van der Waals surface area contributed by atoms with Gasteiger partial charge in [-0.2, -0.15) is 15.3 Å². The second-order valence-electron chi connectivity index (χ2n) is 21.6. The standard InChI is InChI=1S/C23H23FN6O.C20H14FN7O.C19H18FN7O/c1-13-12-30-22(27-13)17(20-9-19(14-3-4-14)28-29(20)2)11-26-23(30)25-10-16-15-7-8-31-21(15)6-5-18(16)24;1-22-18-11-28-19(26-18)14(16-3-2-7-25-27-16)10-24-20(28)23-9-13-12-6-8-29-17(12)5-4-15(13)21;1-11-10-27-18(24-11)14(16-9-23-25-26(16)2)8-22-19(27)21-7-13-12-5-6-28-17(12)4-3-15(13)20/h5-6,9,11-12,14H,3-4,7-8,10H2,1-2H3,(H,25,26);2-5,7,10-11H,6,8-9H2,(H,23,24);3-4,8-10H,5-7H2,1-2H3,(H,21,22). The number of benzene rings is 3. The molecule has 23 nitrogen and oxygen atoms in total. The first-order valence-electron chi connectivity index (χ1n) is 28.6. The zero-order valence-electron chi connectivity index (χ0n) is 48.1. The van der Waals surface area contributed by atoms with Crippen molar-refractivity contribution >= 4 is 40.6 Å². The van der Waals surface area contributed by atoms with Crippen LogP contribution in [0.15, 0.2) is 104 Å². The molecule has 442 valence electrons. The predicted molar refractivity (Wildman–Crippen MR) is 319 cm³/mol. The molecule has 12 aromatic rings. The number of aromatic nitrogens is 16. The molecule has 0 spiro atoms. The Kier molecular flexibility index (Phi) is 14.2. The predicted octanol–water partition coefficient (Wildman–Crippen LogP) is 9.94. The van der Waals surface area contributed by atoms with Crippen LogP contribution in [0.25, 0.3) is 55.6 Å². The fraction of sp³-hybridized carbons (Fsp3) is 0.258. The van der Waals surface area contributed by atoms with E-state index in [1.54, 1.807) is 70.4 Å². The van der Waals surface area contributed by atoms with Crippen LogP contribution >= 0.6 is 0 Å². The summed E-state index contributed by atoms with van der Waals surface area (Å²) in [4.78, 5) is 30.8. The maximum Gasteiger partial charge on any atom is 0.288 e. The van der Waals surface area contributed by atoms with Gasteiger partial charge < -0.3 is 35.0 Å². The first-order valence-corrected chi connectivity index (χ1v) is 28.6. The first kappa shape index (κ1) is 54.9. The number of ether oxygens (including phenoxy) is 3. The average molecular weight is 1190 g/mol. The van der Waals surface area contributed by atoms with E-state index in [-0.39, 0.29) is 29.8 Å². The minimum Gasteiger partial charge on any atom is -0.493 e. The van der Waals surface area contributed by atoms with E-state index in [0.717, 1.165) is 91.3 Å². The fourth-order valence-electron chi connectivity index (χ4n) is 11.5. The lowest BCUT2D eigenvalue weighted by Gasteiger charge is -2.13. The molecule has 9 aromatic heterocycles. The monoisotopic (exact) mass is 1180 g/mol. The van der Waals surface area contributed by atoms with E-state index in [1.807, 2.05) is 60.0 Å². The van der Waals surface area contributed by atoms with Crippen molar-refractivity contribution in [2.24, 2.45) is 14.1 Å². The van der Waals surface area contributed by atoms with Gasteiger partial charge >= 0.3 is 0 Å². The Morgan fingerprint density at radius 2 is 1.07 bits per heavy atom. The third kappa shape index (κ3) is 10.4. The minimum atomic E-state index is -0.290. The first-order chi connectivity index (χ1) is 42.9. The molecule has 1 fully saturated rings. The van der Waals surface area contributed by atoms with E-state index >= 15 is 0 Å². The molecule has 1 saturated carbocycles. The molecule has 12 heterocycles. The zero-order valence-corrected chi connectivity index (χ0v) is 48.1. The lowest BCUT2D eigenvalue weighted by Crippen LogP contribution is -2.10. The highest BCUT2D eigenvalue weighted by atomic mass is 19.1. The van der Waals surface area contributed by atoms with Crippen molar-refractivity contribution in [1.29, 1.82) is 0 Å². The van der Waals surface area contributed by atoms with Gasteiger partial charge in [0.15, 0.2) is 11.3 Å². The molecule has 4 aliphatic rings. The van der Waals surface area contributed by atoms with Gasteiger partial charge in [-0.15, -0.1) is 5.10 Å². The molecule has 1 aliphatic carbocycles. The van der Waals surface area contributed by atoms with Crippen LogP contribution < -0.4 is 30.2 Å². The van der Waals surface area contributed by atoms with Crippen molar-refractivity contribution in [3.05, 3.63) is 184 Å². The Morgan fingerprint density at radius 3 is 1.53 bits per heavy atom. The SMILES string of the molecule is Cc1cn2c(NCc3c(F)ccc4c3CCO4)ncc(-c3cc(C4CC4)nn3C)c2n1.Cc1cn2c(NCc3c(F)ccc4c3CCO4)ncc(-c3cnnn3C)c2n1.[C-]#[N+]c1cn2c(NCc3c(F)ccc4c3CCO4)ncc(-c3cccnn3)c2n1. The van der Waals surface area contributed by atoms with E-state index in [9.17, 15) is 13.2 Å². The van der Waals surface area contributed by atoms with Crippen molar-refractivity contribution in [3.8, 4) is 51.0 Å². The van der Waals surface area contributed by atoms with Gasteiger partial charge in [0, 0.05) is 136 Å². The summed E-state index contributed by atoms with van der Waals surface area (Å²) in [5.41, 5.74) is 14.3. The van der Waals surface area contributed by atoms with Crippen molar-refractivity contribution in [2.75, 3.05) is 35.8 Å². The van der Waals surface area contributed by atoms with Crippen molar-refractivity contribution < 1.29 is 27.4 Å². The number of rotatable bonds is 13. The van der Waals surface area contributed by atoms with Crippen molar-refractivity contribution in [3.63, 3.8) is 0 Å². The maximum absolute atomic E-state index is 14.5. The number of anilines is 3. The quantitative estimate of drug-likeness (QED) is 0.0911. The topological polar surface area (TPSA) is 233 Å². The summed E-state index contributed by atoms with van der Waals surface area (Å²) in [6.07, 6.45) is 18.4. The molecule has 0 radical (unpaired) electrons. The van der Waals surface area contributed by atoms with Gasteiger partial charge in [-0.3, -0.25) is 17.9 Å². The molecule has 16 rings (SSSR count). The van der Waals surface area contributed by atoms with Crippen molar-refractivity contribution in [1.82, 2.24) is 78.1 Å². The van der Waals surface area contributed by atoms with Gasteiger partial charge in [0.1, 0.15) is 40.4 Å². The summed E-state index contributed by atoms with van der Waals surface area (Å²) in [7, 11) is 3.78. The van der Waals surface area contributed by atoms with Crippen LogP contribution in [0, 0.1) is 37.9 Å². The summed E-state index contributed by atoms with van der Waals surface area (Å²) in [5.74, 6) is 3.96. The highest BCUT2D eigenvalue weighted by molar-refractivity contribution is 5.79. The van der Waals surface area contributed by atoms with Gasteiger partial charge in [-0.05, 0) is 81.3 Å². The Hall–Kier alpha value is -11.0. The van der Waals surface area contributed by atoms with E-state index < -0.39 is 0 Å². The van der Waals surface area contributed by atoms with Crippen LogP contribution in [0.5, 0.6) is 17.2 Å². The highest BCUT2D eigenvalue weighted by Crippen LogP contribution is 2.41. The normalized spacial score (nSPS) is 13.6. The third-order valence-corrected chi connectivity index (χ3v) is 15.9. The average Bonchev–Trinajstić information content (AvgIpc) is 3.94. The molecule has 0 saturated heterocycles. The number of imidazole rings is 3. The van der Waals surface area contributed by atoms with Crippen LogP contribution in [0.3, 0.4) is 0 Å². The Labute approximate surface area is 500 Å². The number of nitrogens with one attached hydrogen (secondary N) is 3. The molecule has 3 aliphatic heterocycles. The molecular weight excluding hydrogens is 1130 g/mol. The smallest absolute Gasteiger partial charge is 0.288 e. The van der Waals surface area contributed by atoms with Crippen LogP contribution in [0.1, 0.15) is 69.2 Å². The third-order valence-electron chi connectivity index (χ3n) is 15.9. The van der Waals surface area contributed by atoms with E-state index in [1.165, 1.54) is 31.0 Å². The molecular formula is C62H55F3N20O3.